The van der Waals surface area contributed by atoms with Gasteiger partial charge in [0.25, 0.3) is 0 Å². The predicted octanol–water partition coefficient (Wildman–Crippen LogP) is 1.46. The molecular formula is C11H19N3O2. The van der Waals surface area contributed by atoms with Crippen LogP contribution in [0, 0.1) is 0 Å². The van der Waals surface area contributed by atoms with E-state index < -0.39 is 0 Å². The van der Waals surface area contributed by atoms with Gasteiger partial charge in [-0.3, -0.25) is 0 Å². The van der Waals surface area contributed by atoms with Crippen LogP contribution >= 0.6 is 0 Å². The van der Waals surface area contributed by atoms with Gasteiger partial charge in [-0.2, -0.15) is 4.98 Å². The molecule has 16 heavy (non-hydrogen) atoms. The average molecular weight is 225 g/mol. The topological polar surface area (TPSA) is 60.2 Å². The Labute approximate surface area is 95.6 Å². The van der Waals surface area contributed by atoms with Gasteiger partial charge < -0.3 is 14.6 Å². The highest BCUT2D eigenvalue weighted by Gasteiger charge is 2.19. The Morgan fingerprint density at radius 3 is 3.19 bits per heavy atom. The third kappa shape index (κ3) is 2.80. The van der Waals surface area contributed by atoms with Crippen molar-refractivity contribution >= 4 is 0 Å². The van der Waals surface area contributed by atoms with E-state index in [1.807, 2.05) is 13.8 Å². The van der Waals surface area contributed by atoms with Crippen LogP contribution in [0.15, 0.2) is 4.52 Å². The molecule has 0 saturated carbocycles. The van der Waals surface area contributed by atoms with Crippen molar-refractivity contribution in [2.75, 3.05) is 13.2 Å². The molecule has 1 aromatic heterocycles. The first kappa shape index (κ1) is 11.5. The van der Waals surface area contributed by atoms with E-state index in [1.165, 1.54) is 12.8 Å². The molecule has 0 aliphatic carbocycles. The smallest absolute Gasteiger partial charge is 0.228 e. The van der Waals surface area contributed by atoms with E-state index in [-0.39, 0.29) is 6.10 Å². The minimum atomic E-state index is -0.0842. The fourth-order valence-corrected chi connectivity index (χ4v) is 1.98. The molecule has 0 amide bonds. The SMILES string of the molecule is CCOC(C)c1noc(CC2CCCN2)n1. The molecule has 1 saturated heterocycles. The zero-order valence-corrected chi connectivity index (χ0v) is 9.90. The van der Waals surface area contributed by atoms with E-state index in [1.54, 1.807) is 0 Å². The highest BCUT2D eigenvalue weighted by atomic mass is 16.5. The minimum Gasteiger partial charge on any atom is -0.371 e. The zero-order chi connectivity index (χ0) is 11.4. The van der Waals surface area contributed by atoms with Crippen molar-refractivity contribution in [3.8, 4) is 0 Å². The van der Waals surface area contributed by atoms with Gasteiger partial charge in [-0.15, -0.1) is 0 Å². The third-order valence-corrected chi connectivity index (χ3v) is 2.85. The van der Waals surface area contributed by atoms with E-state index in [0.717, 1.165) is 13.0 Å². The van der Waals surface area contributed by atoms with Gasteiger partial charge in [0.15, 0.2) is 5.82 Å². The summed E-state index contributed by atoms with van der Waals surface area (Å²) in [6.45, 7) is 5.65. The van der Waals surface area contributed by atoms with Crippen LogP contribution in [0.25, 0.3) is 0 Å². The molecule has 1 aliphatic heterocycles. The summed E-state index contributed by atoms with van der Waals surface area (Å²) in [7, 11) is 0. The van der Waals surface area contributed by atoms with Crippen LogP contribution in [0.3, 0.4) is 0 Å². The lowest BCUT2D eigenvalue weighted by atomic mass is 10.1. The van der Waals surface area contributed by atoms with Crippen LogP contribution in [0.5, 0.6) is 0 Å². The number of aromatic nitrogens is 2. The third-order valence-electron chi connectivity index (χ3n) is 2.85. The van der Waals surface area contributed by atoms with Gasteiger partial charge in [-0.25, -0.2) is 0 Å². The summed E-state index contributed by atoms with van der Waals surface area (Å²) in [6.07, 6.45) is 3.17. The molecule has 1 aliphatic rings. The van der Waals surface area contributed by atoms with Gasteiger partial charge in [0, 0.05) is 19.1 Å². The van der Waals surface area contributed by atoms with E-state index in [0.29, 0.717) is 24.4 Å². The van der Waals surface area contributed by atoms with Crippen molar-refractivity contribution in [2.24, 2.45) is 0 Å². The standard InChI is InChI=1S/C11H19N3O2/c1-3-15-8(2)11-13-10(16-14-11)7-9-5-4-6-12-9/h8-9,12H,3-7H2,1-2H3. The lowest BCUT2D eigenvalue weighted by molar-refractivity contribution is 0.0683. The first-order chi connectivity index (χ1) is 7.79. The number of rotatable bonds is 5. The minimum absolute atomic E-state index is 0.0842. The Morgan fingerprint density at radius 2 is 2.50 bits per heavy atom. The molecule has 0 aromatic carbocycles. The number of nitrogens with one attached hydrogen (secondary N) is 1. The summed E-state index contributed by atoms with van der Waals surface area (Å²) in [5.74, 6) is 1.36. The molecule has 5 heteroatoms. The largest absolute Gasteiger partial charge is 0.371 e. The monoisotopic (exact) mass is 225 g/mol. The zero-order valence-electron chi connectivity index (χ0n) is 9.90. The average Bonchev–Trinajstić information content (AvgIpc) is 2.90. The molecule has 2 heterocycles. The first-order valence-corrected chi connectivity index (χ1v) is 5.97. The Hall–Kier alpha value is -0.940. The Morgan fingerprint density at radius 1 is 1.62 bits per heavy atom. The molecule has 90 valence electrons. The molecule has 2 rings (SSSR count). The first-order valence-electron chi connectivity index (χ1n) is 5.97. The molecule has 2 unspecified atom stereocenters. The van der Waals surface area contributed by atoms with Crippen molar-refractivity contribution in [1.29, 1.82) is 0 Å². The van der Waals surface area contributed by atoms with Crippen molar-refractivity contribution in [3.05, 3.63) is 11.7 Å². The lowest BCUT2D eigenvalue weighted by Gasteiger charge is -2.06. The molecule has 1 N–H and O–H groups in total. The van der Waals surface area contributed by atoms with Crippen LogP contribution in [-0.2, 0) is 11.2 Å². The molecule has 2 atom stereocenters. The quantitative estimate of drug-likeness (QED) is 0.822. The second kappa shape index (κ2) is 5.41. The van der Waals surface area contributed by atoms with Crippen molar-refractivity contribution < 1.29 is 9.26 Å². The molecule has 0 bridgehead atoms. The second-order valence-corrected chi connectivity index (χ2v) is 4.14. The van der Waals surface area contributed by atoms with Crippen molar-refractivity contribution in [1.82, 2.24) is 15.5 Å². The van der Waals surface area contributed by atoms with Gasteiger partial charge in [-0.1, -0.05) is 5.16 Å². The Kier molecular flexibility index (Phi) is 3.90. The van der Waals surface area contributed by atoms with Crippen LogP contribution in [0.4, 0.5) is 0 Å². The van der Waals surface area contributed by atoms with E-state index >= 15 is 0 Å². The summed E-state index contributed by atoms with van der Waals surface area (Å²) >= 11 is 0. The Balaban J connectivity index is 1.90. The number of hydrogen-bond donors (Lipinski definition) is 1. The Bertz CT molecular complexity index is 321. The van der Waals surface area contributed by atoms with Gasteiger partial charge in [0.1, 0.15) is 6.10 Å². The second-order valence-electron chi connectivity index (χ2n) is 4.14. The normalized spacial score (nSPS) is 22.5. The highest BCUT2D eigenvalue weighted by Crippen LogP contribution is 2.15. The number of hydrogen-bond acceptors (Lipinski definition) is 5. The molecule has 0 spiro atoms. The fourth-order valence-electron chi connectivity index (χ4n) is 1.98. The van der Waals surface area contributed by atoms with Gasteiger partial charge in [0.05, 0.1) is 0 Å². The summed E-state index contributed by atoms with van der Waals surface area (Å²) < 4.78 is 10.6. The molecule has 1 fully saturated rings. The summed E-state index contributed by atoms with van der Waals surface area (Å²) in [4.78, 5) is 4.35. The predicted molar refractivity (Wildman–Crippen MR) is 59.1 cm³/mol. The molecule has 5 nitrogen and oxygen atoms in total. The summed E-state index contributed by atoms with van der Waals surface area (Å²) in [5.41, 5.74) is 0. The van der Waals surface area contributed by atoms with Crippen LogP contribution < -0.4 is 5.32 Å². The maximum absolute atomic E-state index is 5.41. The summed E-state index contributed by atoms with van der Waals surface area (Å²) in [6, 6.07) is 0.496. The lowest BCUT2D eigenvalue weighted by Crippen LogP contribution is -2.23. The molecular weight excluding hydrogens is 206 g/mol. The molecule has 0 radical (unpaired) electrons. The number of nitrogens with zero attached hydrogens (tertiary/aromatic N) is 2. The fraction of sp³-hybridized carbons (Fsp3) is 0.818. The van der Waals surface area contributed by atoms with Gasteiger partial charge in [-0.05, 0) is 33.2 Å². The summed E-state index contributed by atoms with van der Waals surface area (Å²) in [5, 5.41) is 7.35. The van der Waals surface area contributed by atoms with Gasteiger partial charge in [0.2, 0.25) is 5.89 Å². The van der Waals surface area contributed by atoms with Crippen LogP contribution in [-0.4, -0.2) is 29.3 Å². The maximum Gasteiger partial charge on any atom is 0.228 e. The maximum atomic E-state index is 5.41. The van der Waals surface area contributed by atoms with Gasteiger partial charge >= 0.3 is 0 Å². The molecule has 1 aromatic rings. The van der Waals surface area contributed by atoms with Crippen molar-refractivity contribution in [2.45, 2.75) is 45.3 Å². The van der Waals surface area contributed by atoms with Crippen molar-refractivity contribution in [3.63, 3.8) is 0 Å². The van der Waals surface area contributed by atoms with E-state index in [2.05, 4.69) is 15.5 Å². The van der Waals surface area contributed by atoms with Crippen LogP contribution in [0.1, 0.15) is 44.5 Å². The van der Waals surface area contributed by atoms with E-state index in [4.69, 9.17) is 9.26 Å². The van der Waals surface area contributed by atoms with E-state index in [9.17, 15) is 0 Å². The van der Waals surface area contributed by atoms with Crippen LogP contribution in [0.2, 0.25) is 0 Å². The number of ether oxygens (including phenoxy) is 1. The highest BCUT2D eigenvalue weighted by molar-refractivity contribution is 4.93.